The molecule has 21 heavy (non-hydrogen) atoms. The van der Waals surface area contributed by atoms with E-state index in [0.29, 0.717) is 12.5 Å². The third-order valence-corrected chi connectivity index (χ3v) is 4.90. The fourth-order valence-electron chi connectivity index (χ4n) is 2.12. The first-order valence-electron chi connectivity index (χ1n) is 7.24. The molecule has 0 atom stereocenters. The largest absolute Gasteiger partial charge is 0.492 e. The Bertz CT molecular complexity index is 580. The molecule has 114 valence electrons. The van der Waals surface area contributed by atoms with Gasteiger partial charge in [-0.1, -0.05) is 29.8 Å². The second-order valence-corrected chi connectivity index (χ2v) is 7.31. The molecule has 1 aromatic carbocycles. The number of ether oxygens (including phenoxy) is 1. The number of hydrogen-bond acceptors (Lipinski definition) is 3. The van der Waals surface area contributed by atoms with E-state index in [1.54, 1.807) is 11.3 Å². The molecule has 0 bridgehead atoms. The van der Waals surface area contributed by atoms with Crippen LogP contribution in [-0.2, 0) is 6.54 Å². The van der Waals surface area contributed by atoms with Gasteiger partial charge in [0.05, 0.1) is 0 Å². The molecule has 0 aliphatic rings. The average Bonchev–Trinajstić information content (AvgIpc) is 2.85. The highest BCUT2D eigenvalue weighted by Gasteiger charge is 2.08. The highest BCUT2D eigenvalue weighted by atomic mass is 79.9. The minimum absolute atomic E-state index is 0.458. The van der Waals surface area contributed by atoms with Gasteiger partial charge in [0.25, 0.3) is 0 Å². The minimum Gasteiger partial charge on any atom is -0.492 e. The number of rotatable bonds is 7. The van der Waals surface area contributed by atoms with Crippen LogP contribution in [0.15, 0.2) is 34.1 Å². The summed E-state index contributed by atoms with van der Waals surface area (Å²) >= 11 is 5.32. The number of aryl methyl sites for hydroxylation is 1. The molecule has 0 unspecified atom stereocenters. The van der Waals surface area contributed by atoms with Crippen LogP contribution in [0, 0.1) is 6.92 Å². The Morgan fingerprint density at radius 2 is 2.10 bits per heavy atom. The van der Waals surface area contributed by atoms with Crippen LogP contribution >= 0.6 is 27.3 Å². The number of thiophene rings is 1. The van der Waals surface area contributed by atoms with E-state index in [0.717, 1.165) is 23.3 Å². The van der Waals surface area contributed by atoms with Gasteiger partial charge in [-0.3, -0.25) is 0 Å². The smallest absolute Gasteiger partial charge is 0.122 e. The van der Waals surface area contributed by atoms with Crippen LogP contribution in [0.1, 0.15) is 35.8 Å². The Hall–Kier alpha value is -0.840. The van der Waals surface area contributed by atoms with E-state index in [1.807, 2.05) is 12.1 Å². The highest BCUT2D eigenvalue weighted by Crippen LogP contribution is 2.29. The third-order valence-electron chi connectivity index (χ3n) is 3.38. The van der Waals surface area contributed by atoms with Gasteiger partial charge in [-0.05, 0) is 53.6 Å². The molecule has 2 nitrogen and oxygen atoms in total. The molecular weight excluding hydrogens is 346 g/mol. The second-order valence-electron chi connectivity index (χ2n) is 5.39. The molecule has 2 rings (SSSR count). The molecule has 1 N–H and O–H groups in total. The van der Waals surface area contributed by atoms with E-state index < -0.39 is 0 Å². The van der Waals surface area contributed by atoms with Crippen molar-refractivity contribution < 1.29 is 4.74 Å². The van der Waals surface area contributed by atoms with Gasteiger partial charge >= 0.3 is 0 Å². The maximum Gasteiger partial charge on any atom is 0.122 e. The summed E-state index contributed by atoms with van der Waals surface area (Å²) in [5.41, 5.74) is 2.61. The van der Waals surface area contributed by atoms with Crippen molar-refractivity contribution in [3.05, 3.63) is 50.1 Å². The van der Waals surface area contributed by atoms with Gasteiger partial charge in [-0.15, -0.1) is 11.3 Å². The third kappa shape index (κ3) is 4.83. The predicted octanol–water partition coefficient (Wildman–Crippen LogP) is 5.11. The fourth-order valence-corrected chi connectivity index (χ4v) is 3.38. The quantitative estimate of drug-likeness (QED) is 0.686. The summed E-state index contributed by atoms with van der Waals surface area (Å²) in [5.74, 6) is 1.45. The van der Waals surface area contributed by atoms with Crippen LogP contribution in [0.2, 0.25) is 0 Å². The molecule has 2 aromatic rings. The summed E-state index contributed by atoms with van der Waals surface area (Å²) in [6.07, 6.45) is 0. The Kier molecular flexibility index (Phi) is 6.27. The lowest BCUT2D eigenvalue weighted by Gasteiger charge is -2.14. The summed E-state index contributed by atoms with van der Waals surface area (Å²) in [5, 5.41) is 5.57. The average molecular weight is 368 g/mol. The Morgan fingerprint density at radius 1 is 1.29 bits per heavy atom. The van der Waals surface area contributed by atoms with Gasteiger partial charge in [0, 0.05) is 22.4 Å². The van der Waals surface area contributed by atoms with Crippen molar-refractivity contribution in [1.82, 2.24) is 5.32 Å². The summed E-state index contributed by atoms with van der Waals surface area (Å²) in [4.78, 5) is 1.40. The van der Waals surface area contributed by atoms with Gasteiger partial charge in [0.1, 0.15) is 12.4 Å². The SMILES string of the molecule is Cc1ccsc1CNCCOc1ccc(Br)cc1C(C)C. The topological polar surface area (TPSA) is 21.3 Å². The molecule has 0 aliphatic carbocycles. The van der Waals surface area contributed by atoms with Crippen molar-refractivity contribution in [1.29, 1.82) is 0 Å². The number of hydrogen-bond donors (Lipinski definition) is 1. The van der Waals surface area contributed by atoms with Crippen molar-refractivity contribution in [2.75, 3.05) is 13.2 Å². The van der Waals surface area contributed by atoms with Gasteiger partial charge in [0.15, 0.2) is 0 Å². The molecule has 0 aliphatic heterocycles. The summed E-state index contributed by atoms with van der Waals surface area (Å²) < 4.78 is 7.02. The Labute approximate surface area is 139 Å². The summed E-state index contributed by atoms with van der Waals surface area (Å²) in [6, 6.07) is 8.38. The van der Waals surface area contributed by atoms with Crippen LogP contribution in [0.3, 0.4) is 0 Å². The molecule has 0 radical (unpaired) electrons. The zero-order valence-electron chi connectivity index (χ0n) is 12.8. The van der Waals surface area contributed by atoms with Crippen molar-refractivity contribution in [3.63, 3.8) is 0 Å². The van der Waals surface area contributed by atoms with Gasteiger partial charge in [-0.25, -0.2) is 0 Å². The van der Waals surface area contributed by atoms with Crippen LogP contribution in [0.4, 0.5) is 0 Å². The minimum atomic E-state index is 0.458. The Morgan fingerprint density at radius 3 is 2.76 bits per heavy atom. The lowest BCUT2D eigenvalue weighted by molar-refractivity contribution is 0.309. The van der Waals surface area contributed by atoms with Crippen molar-refractivity contribution in [2.24, 2.45) is 0 Å². The van der Waals surface area contributed by atoms with Gasteiger partial charge < -0.3 is 10.1 Å². The molecule has 0 spiro atoms. The lowest BCUT2D eigenvalue weighted by Crippen LogP contribution is -2.20. The van der Waals surface area contributed by atoms with Gasteiger partial charge in [-0.2, -0.15) is 0 Å². The maximum atomic E-state index is 5.92. The second kappa shape index (κ2) is 7.97. The molecule has 0 saturated carbocycles. The van der Waals surface area contributed by atoms with Crippen LogP contribution in [-0.4, -0.2) is 13.2 Å². The normalized spacial score (nSPS) is 11.1. The molecule has 0 amide bonds. The first kappa shape index (κ1) is 16.5. The van der Waals surface area contributed by atoms with E-state index >= 15 is 0 Å². The fraction of sp³-hybridized carbons (Fsp3) is 0.412. The molecule has 0 saturated heterocycles. The molecular formula is C17H22BrNOS. The van der Waals surface area contributed by atoms with Crippen molar-refractivity contribution >= 4 is 27.3 Å². The monoisotopic (exact) mass is 367 g/mol. The standard InChI is InChI=1S/C17H22BrNOS/c1-12(2)15-10-14(18)4-5-16(15)20-8-7-19-11-17-13(3)6-9-21-17/h4-6,9-10,12,19H,7-8,11H2,1-3H3. The first-order chi connectivity index (χ1) is 10.1. The summed E-state index contributed by atoms with van der Waals surface area (Å²) in [7, 11) is 0. The summed E-state index contributed by atoms with van der Waals surface area (Å²) in [6.45, 7) is 8.99. The van der Waals surface area contributed by atoms with Crippen LogP contribution in [0.25, 0.3) is 0 Å². The number of benzene rings is 1. The molecule has 0 fully saturated rings. The molecule has 4 heteroatoms. The zero-order chi connectivity index (χ0) is 15.2. The van der Waals surface area contributed by atoms with E-state index in [-0.39, 0.29) is 0 Å². The highest BCUT2D eigenvalue weighted by molar-refractivity contribution is 9.10. The van der Waals surface area contributed by atoms with Crippen molar-refractivity contribution in [2.45, 2.75) is 33.2 Å². The molecule has 1 heterocycles. The predicted molar refractivity (Wildman–Crippen MR) is 94.5 cm³/mol. The zero-order valence-corrected chi connectivity index (χ0v) is 15.2. The lowest BCUT2D eigenvalue weighted by atomic mass is 10.0. The van der Waals surface area contributed by atoms with Crippen LogP contribution < -0.4 is 10.1 Å². The van der Waals surface area contributed by atoms with Crippen LogP contribution in [0.5, 0.6) is 5.75 Å². The van der Waals surface area contributed by atoms with E-state index in [4.69, 9.17) is 4.74 Å². The number of nitrogens with one attached hydrogen (secondary N) is 1. The first-order valence-corrected chi connectivity index (χ1v) is 8.91. The molecule has 1 aromatic heterocycles. The number of halogens is 1. The maximum absolute atomic E-state index is 5.92. The van der Waals surface area contributed by atoms with Crippen molar-refractivity contribution in [3.8, 4) is 5.75 Å². The van der Waals surface area contributed by atoms with E-state index in [9.17, 15) is 0 Å². The van der Waals surface area contributed by atoms with E-state index in [2.05, 4.69) is 59.5 Å². The van der Waals surface area contributed by atoms with Gasteiger partial charge in [0.2, 0.25) is 0 Å². The Balaban J connectivity index is 1.80. The van der Waals surface area contributed by atoms with E-state index in [1.165, 1.54) is 16.0 Å².